The lowest BCUT2D eigenvalue weighted by atomic mass is 9.95. The van der Waals surface area contributed by atoms with Gasteiger partial charge in [-0.25, -0.2) is 4.98 Å². The van der Waals surface area contributed by atoms with Crippen LogP contribution in [0.1, 0.15) is 54.3 Å². The maximum atomic E-state index is 13.1. The molecular formula is C23H23ClN2O3. The second-order valence-corrected chi connectivity index (χ2v) is 8.33. The minimum atomic E-state index is 0.0442. The summed E-state index contributed by atoms with van der Waals surface area (Å²) < 4.78 is 12.0. The van der Waals surface area contributed by atoms with Crippen LogP contribution in [0.4, 0.5) is 0 Å². The predicted octanol–water partition coefficient (Wildman–Crippen LogP) is 5.43. The SMILES string of the molecule is O=C(c1ccccc1OC1CCC1)N1CCC(c2nc3cc(Cl)ccc3o2)CC1. The van der Waals surface area contributed by atoms with Crippen LogP contribution in [0.15, 0.2) is 46.9 Å². The summed E-state index contributed by atoms with van der Waals surface area (Å²) in [5.41, 5.74) is 2.20. The highest BCUT2D eigenvalue weighted by molar-refractivity contribution is 6.31. The molecule has 3 aromatic rings. The molecule has 1 saturated carbocycles. The number of amides is 1. The highest BCUT2D eigenvalue weighted by Crippen LogP contribution is 2.33. The first-order chi connectivity index (χ1) is 14.2. The van der Waals surface area contributed by atoms with Gasteiger partial charge >= 0.3 is 0 Å². The van der Waals surface area contributed by atoms with Crippen LogP contribution in [-0.2, 0) is 0 Å². The molecule has 5 rings (SSSR count). The van der Waals surface area contributed by atoms with Crippen LogP contribution in [0.25, 0.3) is 11.1 Å². The molecule has 0 spiro atoms. The van der Waals surface area contributed by atoms with E-state index in [4.69, 9.17) is 20.8 Å². The Morgan fingerprint density at radius 1 is 1.10 bits per heavy atom. The molecule has 2 aliphatic rings. The third kappa shape index (κ3) is 3.71. The molecule has 1 aromatic heterocycles. The van der Waals surface area contributed by atoms with Gasteiger partial charge in [-0.1, -0.05) is 23.7 Å². The van der Waals surface area contributed by atoms with E-state index in [2.05, 4.69) is 4.98 Å². The van der Waals surface area contributed by atoms with E-state index in [1.54, 1.807) is 0 Å². The quantitative estimate of drug-likeness (QED) is 0.575. The third-order valence-corrected chi connectivity index (χ3v) is 6.20. The Balaban J connectivity index is 1.27. The smallest absolute Gasteiger partial charge is 0.257 e. The molecule has 1 aliphatic carbocycles. The monoisotopic (exact) mass is 410 g/mol. The highest BCUT2D eigenvalue weighted by Gasteiger charge is 2.29. The molecule has 29 heavy (non-hydrogen) atoms. The number of para-hydroxylation sites is 1. The van der Waals surface area contributed by atoms with Crippen LogP contribution in [0, 0.1) is 0 Å². The number of fused-ring (bicyclic) bond motifs is 1. The van der Waals surface area contributed by atoms with E-state index in [1.807, 2.05) is 47.4 Å². The van der Waals surface area contributed by atoms with Gasteiger partial charge in [-0.05, 0) is 62.4 Å². The number of hydrogen-bond acceptors (Lipinski definition) is 4. The third-order valence-electron chi connectivity index (χ3n) is 5.96. The van der Waals surface area contributed by atoms with Gasteiger partial charge in [0.05, 0.1) is 11.7 Å². The van der Waals surface area contributed by atoms with Crippen LogP contribution in [0.2, 0.25) is 5.02 Å². The van der Waals surface area contributed by atoms with Crippen molar-refractivity contribution in [3.8, 4) is 5.75 Å². The van der Waals surface area contributed by atoms with Crippen molar-refractivity contribution in [2.45, 2.75) is 44.1 Å². The fraction of sp³-hybridized carbons (Fsp3) is 0.391. The van der Waals surface area contributed by atoms with Gasteiger partial charge in [0.25, 0.3) is 5.91 Å². The number of rotatable bonds is 4. The van der Waals surface area contributed by atoms with E-state index >= 15 is 0 Å². The van der Waals surface area contributed by atoms with Crippen molar-refractivity contribution in [2.75, 3.05) is 13.1 Å². The van der Waals surface area contributed by atoms with Gasteiger partial charge < -0.3 is 14.1 Å². The maximum Gasteiger partial charge on any atom is 0.257 e. The van der Waals surface area contributed by atoms with Gasteiger partial charge in [0.15, 0.2) is 11.5 Å². The van der Waals surface area contributed by atoms with Crippen molar-refractivity contribution in [1.29, 1.82) is 0 Å². The fourth-order valence-corrected chi connectivity index (χ4v) is 4.17. The zero-order valence-corrected chi connectivity index (χ0v) is 16.9. The van der Waals surface area contributed by atoms with Crippen LogP contribution in [-0.4, -0.2) is 35.0 Å². The van der Waals surface area contributed by atoms with Gasteiger partial charge in [-0.3, -0.25) is 4.79 Å². The molecular weight excluding hydrogens is 388 g/mol. The van der Waals surface area contributed by atoms with Gasteiger partial charge in [-0.15, -0.1) is 0 Å². The molecule has 1 saturated heterocycles. The van der Waals surface area contributed by atoms with E-state index in [0.29, 0.717) is 29.4 Å². The fourth-order valence-electron chi connectivity index (χ4n) is 4.01. The Kier molecular flexibility index (Phi) is 4.92. The summed E-state index contributed by atoms with van der Waals surface area (Å²) in [5.74, 6) is 1.71. The van der Waals surface area contributed by atoms with Crippen LogP contribution < -0.4 is 4.74 Å². The first kappa shape index (κ1) is 18.5. The van der Waals surface area contributed by atoms with E-state index in [9.17, 15) is 4.79 Å². The average molecular weight is 411 g/mol. The number of carbonyl (C=O) groups is 1. The molecule has 1 amide bonds. The van der Waals surface area contributed by atoms with E-state index in [1.165, 1.54) is 6.42 Å². The van der Waals surface area contributed by atoms with Gasteiger partial charge in [0, 0.05) is 24.0 Å². The summed E-state index contributed by atoms with van der Waals surface area (Å²) in [4.78, 5) is 19.7. The number of halogens is 1. The standard InChI is InChI=1S/C23H23ClN2O3/c24-16-8-9-21-19(14-16)25-22(29-21)15-10-12-26(13-11-15)23(27)18-6-1-2-7-20(18)28-17-4-3-5-17/h1-2,6-9,14-15,17H,3-5,10-13H2. The Morgan fingerprint density at radius 3 is 2.66 bits per heavy atom. The van der Waals surface area contributed by atoms with Crippen molar-refractivity contribution in [1.82, 2.24) is 9.88 Å². The summed E-state index contributed by atoms with van der Waals surface area (Å²) in [5, 5.41) is 0.653. The number of likely N-dealkylation sites (tertiary alicyclic amines) is 1. The van der Waals surface area contributed by atoms with Crippen molar-refractivity contribution in [2.24, 2.45) is 0 Å². The second-order valence-electron chi connectivity index (χ2n) is 7.90. The normalized spacial score (nSPS) is 18.0. The molecule has 1 aliphatic heterocycles. The van der Waals surface area contributed by atoms with Crippen molar-refractivity contribution in [3.63, 3.8) is 0 Å². The molecule has 0 unspecified atom stereocenters. The molecule has 0 atom stereocenters. The van der Waals surface area contributed by atoms with E-state index in [-0.39, 0.29) is 17.9 Å². The summed E-state index contributed by atoms with van der Waals surface area (Å²) >= 11 is 6.05. The Hall–Kier alpha value is -2.53. The van der Waals surface area contributed by atoms with Gasteiger partial charge in [0.1, 0.15) is 11.3 Å². The predicted molar refractivity (Wildman–Crippen MR) is 112 cm³/mol. The zero-order chi connectivity index (χ0) is 19.8. The summed E-state index contributed by atoms with van der Waals surface area (Å²) in [6.45, 7) is 1.36. The van der Waals surface area contributed by atoms with Crippen LogP contribution in [0.5, 0.6) is 5.75 Å². The molecule has 0 bridgehead atoms. The van der Waals surface area contributed by atoms with Crippen molar-refractivity contribution >= 4 is 28.6 Å². The molecule has 6 heteroatoms. The lowest BCUT2D eigenvalue weighted by molar-refractivity contribution is 0.0690. The van der Waals surface area contributed by atoms with Gasteiger partial charge in [0.2, 0.25) is 0 Å². The zero-order valence-electron chi connectivity index (χ0n) is 16.1. The number of oxazole rings is 1. The maximum absolute atomic E-state index is 13.1. The number of ether oxygens (including phenoxy) is 1. The van der Waals surface area contributed by atoms with Crippen LogP contribution in [0.3, 0.4) is 0 Å². The summed E-state index contributed by atoms with van der Waals surface area (Å²) in [6, 6.07) is 13.1. The number of carbonyl (C=O) groups excluding carboxylic acids is 1. The van der Waals surface area contributed by atoms with Gasteiger partial charge in [-0.2, -0.15) is 0 Å². The molecule has 2 fully saturated rings. The number of piperidine rings is 1. The molecule has 0 radical (unpaired) electrons. The molecule has 2 heterocycles. The lowest BCUT2D eigenvalue weighted by Crippen LogP contribution is -2.38. The molecule has 150 valence electrons. The highest BCUT2D eigenvalue weighted by atomic mass is 35.5. The molecule has 5 nitrogen and oxygen atoms in total. The van der Waals surface area contributed by atoms with E-state index < -0.39 is 0 Å². The number of nitrogens with zero attached hydrogens (tertiary/aromatic N) is 2. The molecule has 2 aromatic carbocycles. The number of benzene rings is 2. The van der Waals surface area contributed by atoms with E-state index in [0.717, 1.165) is 42.7 Å². The minimum Gasteiger partial charge on any atom is -0.490 e. The lowest BCUT2D eigenvalue weighted by Gasteiger charge is -2.32. The summed E-state index contributed by atoms with van der Waals surface area (Å²) in [6.07, 6.45) is 5.27. The Morgan fingerprint density at radius 2 is 1.90 bits per heavy atom. The van der Waals surface area contributed by atoms with Crippen molar-refractivity contribution < 1.29 is 13.9 Å². The Bertz CT molecular complexity index is 1040. The number of hydrogen-bond donors (Lipinski definition) is 0. The summed E-state index contributed by atoms with van der Waals surface area (Å²) in [7, 11) is 0. The molecule has 0 N–H and O–H groups in total. The number of aromatic nitrogens is 1. The largest absolute Gasteiger partial charge is 0.490 e. The van der Waals surface area contributed by atoms with Crippen molar-refractivity contribution in [3.05, 3.63) is 58.9 Å². The topological polar surface area (TPSA) is 55.6 Å². The minimum absolute atomic E-state index is 0.0442. The van der Waals surface area contributed by atoms with Crippen LogP contribution >= 0.6 is 11.6 Å². The average Bonchev–Trinajstić information content (AvgIpc) is 3.14. The Labute approximate surface area is 174 Å². The first-order valence-corrected chi connectivity index (χ1v) is 10.7. The second kappa shape index (κ2) is 7.71. The first-order valence-electron chi connectivity index (χ1n) is 10.3.